The SMILES string of the molecule is CNS(=O)(=O)CCNC(=O)c1c(C)cc(C2CCC2)oc1=O. The summed E-state index contributed by atoms with van der Waals surface area (Å²) in [5.74, 6) is 0.0322. The number of sulfonamides is 1. The Bertz CT molecular complexity index is 719. The molecule has 0 spiro atoms. The van der Waals surface area contributed by atoms with E-state index in [1.165, 1.54) is 7.05 Å². The van der Waals surface area contributed by atoms with Crippen LogP contribution in [0.4, 0.5) is 0 Å². The van der Waals surface area contributed by atoms with Gasteiger partial charge in [0, 0.05) is 12.5 Å². The van der Waals surface area contributed by atoms with E-state index in [9.17, 15) is 18.0 Å². The number of nitrogens with one attached hydrogen (secondary N) is 2. The minimum Gasteiger partial charge on any atom is -0.427 e. The zero-order chi connectivity index (χ0) is 16.3. The number of carbonyl (C=O) groups excluding carboxylic acids is 1. The van der Waals surface area contributed by atoms with Crippen LogP contribution in [0.3, 0.4) is 0 Å². The van der Waals surface area contributed by atoms with Gasteiger partial charge in [-0.25, -0.2) is 17.9 Å². The monoisotopic (exact) mass is 328 g/mol. The molecule has 1 amide bonds. The van der Waals surface area contributed by atoms with Gasteiger partial charge in [0.05, 0.1) is 5.75 Å². The van der Waals surface area contributed by atoms with E-state index in [0.717, 1.165) is 19.3 Å². The molecule has 1 saturated carbocycles. The van der Waals surface area contributed by atoms with Gasteiger partial charge in [-0.2, -0.15) is 0 Å². The normalized spacial score (nSPS) is 15.4. The van der Waals surface area contributed by atoms with E-state index < -0.39 is 21.6 Å². The van der Waals surface area contributed by atoms with Crippen LogP contribution in [0.25, 0.3) is 0 Å². The first-order valence-electron chi connectivity index (χ1n) is 7.18. The fraction of sp³-hybridized carbons (Fsp3) is 0.571. The Balaban J connectivity index is 2.08. The van der Waals surface area contributed by atoms with Crippen molar-refractivity contribution < 1.29 is 17.6 Å². The Labute approximate surface area is 129 Å². The van der Waals surface area contributed by atoms with Crippen molar-refractivity contribution in [2.24, 2.45) is 0 Å². The van der Waals surface area contributed by atoms with E-state index in [4.69, 9.17) is 4.42 Å². The lowest BCUT2D eigenvalue weighted by Crippen LogP contribution is -2.35. The number of amides is 1. The molecular weight excluding hydrogens is 308 g/mol. The molecule has 0 radical (unpaired) electrons. The zero-order valence-electron chi connectivity index (χ0n) is 12.6. The van der Waals surface area contributed by atoms with Crippen molar-refractivity contribution in [1.82, 2.24) is 10.0 Å². The van der Waals surface area contributed by atoms with Gasteiger partial charge in [-0.1, -0.05) is 6.42 Å². The van der Waals surface area contributed by atoms with Crippen molar-refractivity contribution in [3.8, 4) is 0 Å². The number of carbonyl (C=O) groups is 1. The van der Waals surface area contributed by atoms with Gasteiger partial charge >= 0.3 is 5.63 Å². The summed E-state index contributed by atoms with van der Waals surface area (Å²) in [5.41, 5.74) is -0.187. The van der Waals surface area contributed by atoms with Crippen molar-refractivity contribution >= 4 is 15.9 Å². The summed E-state index contributed by atoms with van der Waals surface area (Å²) in [5, 5.41) is 2.43. The molecule has 0 atom stereocenters. The maximum atomic E-state index is 12.0. The average molecular weight is 328 g/mol. The summed E-state index contributed by atoms with van der Waals surface area (Å²) < 4.78 is 29.9. The molecule has 2 N–H and O–H groups in total. The summed E-state index contributed by atoms with van der Waals surface area (Å²) in [7, 11) is -2.10. The molecular formula is C14H20N2O5S. The van der Waals surface area contributed by atoms with Gasteiger partial charge in [0.15, 0.2) is 0 Å². The number of rotatable bonds is 6. The van der Waals surface area contributed by atoms with Crippen LogP contribution in [-0.2, 0) is 10.0 Å². The molecule has 1 aromatic rings. The van der Waals surface area contributed by atoms with Crippen LogP contribution in [0, 0.1) is 6.92 Å². The van der Waals surface area contributed by atoms with E-state index in [2.05, 4.69) is 10.0 Å². The summed E-state index contributed by atoms with van der Waals surface area (Å²) in [6, 6.07) is 1.73. The van der Waals surface area contributed by atoms with Crippen LogP contribution >= 0.6 is 0 Å². The number of aryl methyl sites for hydroxylation is 1. The van der Waals surface area contributed by atoms with E-state index >= 15 is 0 Å². The van der Waals surface area contributed by atoms with Gasteiger partial charge in [0.1, 0.15) is 11.3 Å². The van der Waals surface area contributed by atoms with Crippen molar-refractivity contribution in [3.05, 3.63) is 33.4 Å². The quantitative estimate of drug-likeness (QED) is 0.791. The van der Waals surface area contributed by atoms with Crippen LogP contribution < -0.4 is 15.7 Å². The second-order valence-electron chi connectivity index (χ2n) is 5.40. The maximum Gasteiger partial charge on any atom is 0.349 e. The molecule has 0 aromatic carbocycles. The minimum atomic E-state index is -3.40. The number of hydrogen-bond donors (Lipinski definition) is 2. The predicted octanol–water partition coefficient (Wildman–Crippen LogP) is 0.495. The first-order valence-corrected chi connectivity index (χ1v) is 8.83. The van der Waals surface area contributed by atoms with Crippen molar-refractivity contribution in [3.63, 3.8) is 0 Å². The lowest BCUT2D eigenvalue weighted by atomic mass is 9.83. The van der Waals surface area contributed by atoms with Crippen molar-refractivity contribution in [2.45, 2.75) is 32.1 Å². The summed E-state index contributed by atoms with van der Waals surface area (Å²) in [6.45, 7) is 1.60. The molecule has 1 fully saturated rings. The molecule has 0 saturated heterocycles. The van der Waals surface area contributed by atoms with Crippen LogP contribution in [0.5, 0.6) is 0 Å². The largest absolute Gasteiger partial charge is 0.427 e. The second-order valence-corrected chi connectivity index (χ2v) is 7.45. The molecule has 1 aliphatic carbocycles. The van der Waals surface area contributed by atoms with E-state index in [0.29, 0.717) is 11.3 Å². The molecule has 8 heteroatoms. The van der Waals surface area contributed by atoms with Crippen molar-refractivity contribution in [1.29, 1.82) is 0 Å². The third-order valence-electron chi connectivity index (χ3n) is 3.87. The van der Waals surface area contributed by atoms with E-state index in [-0.39, 0.29) is 23.8 Å². The number of hydrogen-bond acceptors (Lipinski definition) is 5. The van der Waals surface area contributed by atoms with Crippen LogP contribution in [0.1, 0.15) is 46.9 Å². The molecule has 1 aromatic heterocycles. The molecule has 1 aliphatic rings. The minimum absolute atomic E-state index is 0.0649. The van der Waals surface area contributed by atoms with Gasteiger partial charge in [0.25, 0.3) is 5.91 Å². The van der Waals surface area contributed by atoms with Gasteiger partial charge in [-0.3, -0.25) is 4.79 Å². The van der Waals surface area contributed by atoms with Gasteiger partial charge in [-0.05, 0) is 38.4 Å². The Kier molecular flexibility index (Phi) is 5.02. The molecule has 2 rings (SSSR count). The standard InChI is InChI=1S/C14H20N2O5S/c1-9-8-11(10-4-3-5-10)21-14(18)12(9)13(17)16-6-7-22(19,20)15-2/h8,10,15H,3-7H2,1-2H3,(H,16,17). The van der Waals surface area contributed by atoms with E-state index in [1.54, 1.807) is 13.0 Å². The second kappa shape index (κ2) is 6.62. The summed E-state index contributed by atoms with van der Waals surface area (Å²) >= 11 is 0. The highest BCUT2D eigenvalue weighted by molar-refractivity contribution is 7.89. The molecule has 122 valence electrons. The molecule has 1 heterocycles. The smallest absolute Gasteiger partial charge is 0.349 e. The lowest BCUT2D eigenvalue weighted by Gasteiger charge is -2.24. The van der Waals surface area contributed by atoms with Crippen LogP contribution in [-0.4, -0.2) is 33.7 Å². The molecule has 0 unspecified atom stereocenters. The molecule has 7 nitrogen and oxygen atoms in total. The molecule has 22 heavy (non-hydrogen) atoms. The van der Waals surface area contributed by atoms with Crippen LogP contribution in [0.15, 0.2) is 15.3 Å². The van der Waals surface area contributed by atoms with Gasteiger partial charge in [0.2, 0.25) is 10.0 Å². The fourth-order valence-electron chi connectivity index (χ4n) is 2.29. The van der Waals surface area contributed by atoms with E-state index in [1.807, 2.05) is 0 Å². The fourth-order valence-corrected chi connectivity index (χ4v) is 2.86. The molecule has 0 bridgehead atoms. The summed E-state index contributed by atoms with van der Waals surface area (Å²) in [6.07, 6.45) is 3.11. The maximum absolute atomic E-state index is 12.0. The van der Waals surface area contributed by atoms with Crippen LogP contribution in [0.2, 0.25) is 0 Å². The van der Waals surface area contributed by atoms with Gasteiger partial charge < -0.3 is 9.73 Å². The zero-order valence-corrected chi connectivity index (χ0v) is 13.5. The lowest BCUT2D eigenvalue weighted by molar-refractivity contribution is 0.0950. The van der Waals surface area contributed by atoms with Gasteiger partial charge in [-0.15, -0.1) is 0 Å². The topological polar surface area (TPSA) is 105 Å². The third-order valence-corrected chi connectivity index (χ3v) is 5.23. The summed E-state index contributed by atoms with van der Waals surface area (Å²) in [4.78, 5) is 24.0. The highest BCUT2D eigenvalue weighted by Gasteiger charge is 2.25. The van der Waals surface area contributed by atoms with Crippen molar-refractivity contribution in [2.75, 3.05) is 19.3 Å². The highest BCUT2D eigenvalue weighted by atomic mass is 32.2. The first kappa shape index (κ1) is 16.7. The Morgan fingerprint density at radius 1 is 1.41 bits per heavy atom. The Morgan fingerprint density at radius 3 is 2.59 bits per heavy atom. The molecule has 0 aliphatic heterocycles. The Morgan fingerprint density at radius 2 is 2.09 bits per heavy atom. The Hall–Kier alpha value is -1.67. The average Bonchev–Trinajstić information content (AvgIpc) is 2.35. The first-order chi connectivity index (χ1) is 10.3. The highest BCUT2D eigenvalue weighted by Crippen LogP contribution is 2.36. The predicted molar refractivity (Wildman–Crippen MR) is 81.5 cm³/mol. The third kappa shape index (κ3) is 3.75.